The number of hydrogen-bond donors (Lipinski definition) is 1. The Bertz CT molecular complexity index is 951. The fourth-order valence-electron chi connectivity index (χ4n) is 3.03. The highest BCUT2D eigenvalue weighted by molar-refractivity contribution is 5.89. The first-order chi connectivity index (χ1) is 14.4. The van der Waals surface area contributed by atoms with Gasteiger partial charge in [-0.2, -0.15) is 0 Å². The summed E-state index contributed by atoms with van der Waals surface area (Å²) in [5.74, 6) is 0.415. The maximum atomic E-state index is 12.1. The van der Waals surface area contributed by atoms with Gasteiger partial charge in [-0.05, 0) is 61.2 Å². The van der Waals surface area contributed by atoms with Crippen molar-refractivity contribution in [1.82, 2.24) is 5.32 Å². The monoisotopic (exact) mass is 409 g/mol. The average molecular weight is 409 g/mol. The SMILES string of the molecule is Cc1ccc([C@H](C)NC(=O)COC(=O)/C=C/c2ccc3c(c2)OCCCO3)cc1C. The van der Waals surface area contributed by atoms with Crippen molar-refractivity contribution in [2.75, 3.05) is 19.8 Å². The van der Waals surface area contributed by atoms with Gasteiger partial charge in [-0.3, -0.25) is 4.79 Å². The number of amides is 1. The van der Waals surface area contributed by atoms with Gasteiger partial charge in [0.05, 0.1) is 19.3 Å². The molecule has 0 bridgehead atoms. The number of nitrogens with one attached hydrogen (secondary N) is 1. The Labute approximate surface area is 176 Å². The minimum Gasteiger partial charge on any atom is -0.490 e. The van der Waals surface area contributed by atoms with Gasteiger partial charge in [0.15, 0.2) is 18.1 Å². The quantitative estimate of drug-likeness (QED) is 0.579. The standard InChI is InChI=1S/C24H27NO5/c1-16-5-8-20(13-17(16)2)18(3)25-23(26)15-30-24(27)10-7-19-6-9-21-22(14-19)29-12-4-11-28-21/h5-10,13-14,18H,4,11-12,15H2,1-3H3,(H,25,26)/b10-7+/t18-/m0/s1. The Morgan fingerprint density at radius 3 is 2.60 bits per heavy atom. The molecule has 2 aromatic carbocycles. The van der Waals surface area contributed by atoms with E-state index in [1.165, 1.54) is 17.2 Å². The molecule has 6 heteroatoms. The Kier molecular flexibility index (Phi) is 7.12. The molecule has 6 nitrogen and oxygen atoms in total. The van der Waals surface area contributed by atoms with Crippen molar-refractivity contribution in [1.29, 1.82) is 0 Å². The topological polar surface area (TPSA) is 73.9 Å². The van der Waals surface area contributed by atoms with Crippen molar-refractivity contribution in [2.45, 2.75) is 33.2 Å². The first kappa shape index (κ1) is 21.4. The number of benzene rings is 2. The van der Waals surface area contributed by atoms with E-state index < -0.39 is 5.97 Å². The number of esters is 1. The summed E-state index contributed by atoms with van der Waals surface area (Å²) in [6.07, 6.45) is 3.74. The number of aryl methyl sites for hydroxylation is 2. The highest BCUT2D eigenvalue weighted by Crippen LogP contribution is 2.30. The third-order valence-electron chi connectivity index (χ3n) is 4.94. The zero-order chi connectivity index (χ0) is 21.5. The lowest BCUT2D eigenvalue weighted by molar-refractivity contribution is -0.144. The number of carbonyl (C=O) groups excluding carboxylic acids is 2. The molecule has 1 aliphatic heterocycles. The van der Waals surface area contributed by atoms with Gasteiger partial charge in [0.1, 0.15) is 0 Å². The molecule has 0 spiro atoms. The summed E-state index contributed by atoms with van der Waals surface area (Å²) in [5.41, 5.74) is 4.16. The zero-order valence-electron chi connectivity index (χ0n) is 17.6. The lowest BCUT2D eigenvalue weighted by Crippen LogP contribution is -2.31. The number of carbonyl (C=O) groups is 2. The van der Waals surface area contributed by atoms with E-state index in [0.717, 1.165) is 17.5 Å². The molecule has 3 rings (SSSR count). The normalized spacial score (nSPS) is 14.1. The van der Waals surface area contributed by atoms with Crippen LogP contribution >= 0.6 is 0 Å². The van der Waals surface area contributed by atoms with E-state index in [4.69, 9.17) is 14.2 Å². The fourth-order valence-corrected chi connectivity index (χ4v) is 3.03. The predicted octanol–water partition coefficient (Wildman–Crippen LogP) is 3.90. The maximum Gasteiger partial charge on any atom is 0.331 e. The van der Waals surface area contributed by atoms with Crippen LogP contribution in [-0.4, -0.2) is 31.7 Å². The van der Waals surface area contributed by atoms with Crippen LogP contribution in [0.15, 0.2) is 42.5 Å². The van der Waals surface area contributed by atoms with E-state index in [-0.39, 0.29) is 18.6 Å². The first-order valence-electron chi connectivity index (χ1n) is 10.0. The van der Waals surface area contributed by atoms with Crippen molar-refractivity contribution >= 4 is 18.0 Å². The third kappa shape index (κ3) is 5.86. The van der Waals surface area contributed by atoms with E-state index in [2.05, 4.69) is 5.32 Å². The van der Waals surface area contributed by atoms with Crippen molar-refractivity contribution in [3.05, 3.63) is 64.7 Å². The van der Waals surface area contributed by atoms with Crippen LogP contribution < -0.4 is 14.8 Å². The van der Waals surface area contributed by atoms with Gasteiger partial charge in [0, 0.05) is 12.5 Å². The highest BCUT2D eigenvalue weighted by Gasteiger charge is 2.12. The van der Waals surface area contributed by atoms with Gasteiger partial charge in [0.2, 0.25) is 0 Å². The van der Waals surface area contributed by atoms with E-state index in [1.54, 1.807) is 6.08 Å². The van der Waals surface area contributed by atoms with Crippen molar-refractivity contribution < 1.29 is 23.8 Å². The molecule has 0 aromatic heterocycles. The minimum atomic E-state index is -0.587. The first-order valence-corrected chi connectivity index (χ1v) is 10.0. The second-order valence-electron chi connectivity index (χ2n) is 7.33. The molecule has 1 atom stereocenters. The second kappa shape index (κ2) is 9.96. The van der Waals surface area contributed by atoms with Crippen molar-refractivity contribution in [2.24, 2.45) is 0 Å². The van der Waals surface area contributed by atoms with E-state index in [9.17, 15) is 9.59 Å². The van der Waals surface area contributed by atoms with Gasteiger partial charge in [-0.25, -0.2) is 4.79 Å². The number of ether oxygens (including phenoxy) is 3. The van der Waals surface area contributed by atoms with Crippen LogP contribution in [-0.2, 0) is 14.3 Å². The molecule has 0 radical (unpaired) electrons. The molecule has 1 heterocycles. The van der Waals surface area contributed by atoms with Gasteiger partial charge in [-0.1, -0.05) is 24.3 Å². The average Bonchev–Trinajstić information content (AvgIpc) is 2.97. The van der Waals surface area contributed by atoms with Crippen LogP contribution in [0.2, 0.25) is 0 Å². The van der Waals surface area contributed by atoms with E-state index in [0.29, 0.717) is 24.7 Å². The summed E-state index contributed by atoms with van der Waals surface area (Å²) in [7, 11) is 0. The third-order valence-corrected chi connectivity index (χ3v) is 4.94. The summed E-state index contributed by atoms with van der Waals surface area (Å²) in [4.78, 5) is 24.1. The van der Waals surface area contributed by atoms with E-state index >= 15 is 0 Å². The lowest BCUT2D eigenvalue weighted by atomic mass is 10.0. The number of hydrogen-bond acceptors (Lipinski definition) is 5. The minimum absolute atomic E-state index is 0.173. The van der Waals surface area contributed by atoms with Crippen LogP contribution in [0.3, 0.4) is 0 Å². The predicted molar refractivity (Wildman–Crippen MR) is 115 cm³/mol. The molecular weight excluding hydrogens is 382 g/mol. The fraction of sp³-hybridized carbons (Fsp3) is 0.333. The Hall–Kier alpha value is -3.28. The molecule has 0 saturated carbocycles. The van der Waals surface area contributed by atoms with Crippen LogP contribution in [0, 0.1) is 13.8 Å². The molecule has 30 heavy (non-hydrogen) atoms. The molecule has 0 saturated heterocycles. The Balaban J connectivity index is 1.48. The largest absolute Gasteiger partial charge is 0.490 e. The van der Waals surface area contributed by atoms with Crippen LogP contribution in [0.1, 0.15) is 41.6 Å². The van der Waals surface area contributed by atoms with E-state index in [1.807, 2.05) is 57.2 Å². The van der Waals surface area contributed by atoms with Gasteiger partial charge in [0.25, 0.3) is 5.91 Å². The lowest BCUT2D eigenvalue weighted by Gasteiger charge is -2.15. The smallest absolute Gasteiger partial charge is 0.331 e. The number of fused-ring (bicyclic) bond motifs is 1. The molecule has 1 amide bonds. The van der Waals surface area contributed by atoms with Crippen molar-refractivity contribution in [3.63, 3.8) is 0 Å². The zero-order valence-corrected chi connectivity index (χ0v) is 17.6. The van der Waals surface area contributed by atoms with Gasteiger partial charge in [-0.15, -0.1) is 0 Å². The molecule has 0 unspecified atom stereocenters. The summed E-state index contributed by atoms with van der Waals surface area (Å²) >= 11 is 0. The van der Waals surface area contributed by atoms with Crippen LogP contribution in [0.25, 0.3) is 6.08 Å². The summed E-state index contributed by atoms with van der Waals surface area (Å²) in [5, 5.41) is 2.84. The Morgan fingerprint density at radius 1 is 1.07 bits per heavy atom. The highest BCUT2D eigenvalue weighted by atomic mass is 16.5. The summed E-state index contributed by atoms with van der Waals surface area (Å²) in [6.45, 7) is 6.86. The van der Waals surface area contributed by atoms with Gasteiger partial charge < -0.3 is 19.5 Å². The van der Waals surface area contributed by atoms with Crippen molar-refractivity contribution in [3.8, 4) is 11.5 Å². The number of rotatable bonds is 6. The molecule has 158 valence electrons. The summed E-state index contributed by atoms with van der Waals surface area (Å²) < 4.78 is 16.3. The second-order valence-corrected chi connectivity index (χ2v) is 7.33. The van der Waals surface area contributed by atoms with Crippen LogP contribution in [0.5, 0.6) is 11.5 Å². The van der Waals surface area contributed by atoms with Gasteiger partial charge >= 0.3 is 5.97 Å². The molecular formula is C24H27NO5. The molecule has 0 fully saturated rings. The molecule has 2 aromatic rings. The molecule has 1 aliphatic rings. The Morgan fingerprint density at radius 2 is 1.83 bits per heavy atom. The molecule has 1 N–H and O–H groups in total. The maximum absolute atomic E-state index is 12.1. The summed E-state index contributed by atoms with van der Waals surface area (Å²) in [6, 6.07) is 11.3. The van der Waals surface area contributed by atoms with Crippen LogP contribution in [0.4, 0.5) is 0 Å². The molecule has 0 aliphatic carbocycles.